The molecule has 0 spiro atoms. The van der Waals surface area contributed by atoms with Crippen molar-refractivity contribution < 1.29 is 17.6 Å². The number of carbonyl (C=O) groups excluding carboxylic acids is 1. The number of nitrogens with zero attached hydrogens (tertiary/aromatic N) is 1. The lowest BCUT2D eigenvalue weighted by atomic mass is 10.2. The second-order valence-electron chi connectivity index (χ2n) is 6.97. The topological polar surface area (TPSA) is 66.5 Å². The first kappa shape index (κ1) is 22.0. The summed E-state index contributed by atoms with van der Waals surface area (Å²) in [6.07, 6.45) is 1.73. The Hall–Kier alpha value is -2.25. The van der Waals surface area contributed by atoms with Crippen molar-refractivity contribution in [1.82, 2.24) is 9.62 Å². The Morgan fingerprint density at radius 3 is 2.29 bits per heavy atom. The van der Waals surface area contributed by atoms with Gasteiger partial charge in [0, 0.05) is 12.6 Å². The maximum absolute atomic E-state index is 13.2. The first-order valence-electron chi connectivity index (χ1n) is 9.33. The highest BCUT2D eigenvalue weighted by atomic mass is 32.2. The third-order valence-corrected chi connectivity index (χ3v) is 6.19. The van der Waals surface area contributed by atoms with Crippen molar-refractivity contribution in [2.75, 3.05) is 6.54 Å². The summed E-state index contributed by atoms with van der Waals surface area (Å²) in [6.45, 7) is 5.45. The van der Waals surface area contributed by atoms with Crippen LogP contribution >= 0.6 is 0 Å². The van der Waals surface area contributed by atoms with Crippen LogP contribution in [0.4, 0.5) is 4.39 Å². The Kier molecular flexibility index (Phi) is 7.71. The monoisotopic (exact) mass is 406 g/mol. The average molecular weight is 407 g/mol. The molecule has 5 nitrogen and oxygen atoms in total. The number of sulfonamides is 1. The maximum atomic E-state index is 13.2. The zero-order valence-corrected chi connectivity index (χ0v) is 17.3. The van der Waals surface area contributed by atoms with Gasteiger partial charge in [-0.05, 0) is 50.1 Å². The Balaban J connectivity index is 2.27. The van der Waals surface area contributed by atoms with Gasteiger partial charge in [-0.3, -0.25) is 4.79 Å². The van der Waals surface area contributed by atoms with E-state index in [1.165, 1.54) is 36.4 Å². The number of nitrogens with one attached hydrogen (secondary N) is 1. The van der Waals surface area contributed by atoms with E-state index in [0.717, 1.165) is 22.7 Å². The predicted molar refractivity (Wildman–Crippen MR) is 108 cm³/mol. The summed E-state index contributed by atoms with van der Waals surface area (Å²) >= 11 is 0. The number of rotatable bonds is 9. The standard InChI is InChI=1S/C21H27FN2O3S/c1-4-5-17(3)23-21(25)15-24(14-18-8-10-19(22)11-9-18)28(26,27)20-12-6-16(2)7-13-20/h6-13,17H,4-5,14-15H2,1-3H3,(H,23,25)/t17-/m1/s1. The van der Waals surface area contributed by atoms with Crippen LogP contribution in [0.5, 0.6) is 0 Å². The second kappa shape index (κ2) is 9.80. The van der Waals surface area contributed by atoms with Crippen molar-refractivity contribution in [1.29, 1.82) is 0 Å². The number of halogens is 1. The van der Waals surface area contributed by atoms with E-state index >= 15 is 0 Å². The molecule has 152 valence electrons. The molecule has 0 aliphatic heterocycles. The minimum absolute atomic E-state index is 0.0218. The van der Waals surface area contributed by atoms with Crippen LogP contribution < -0.4 is 5.32 Å². The van der Waals surface area contributed by atoms with Crippen molar-refractivity contribution in [3.63, 3.8) is 0 Å². The van der Waals surface area contributed by atoms with E-state index in [-0.39, 0.29) is 29.9 Å². The van der Waals surface area contributed by atoms with Crippen LogP contribution in [0, 0.1) is 12.7 Å². The van der Waals surface area contributed by atoms with Gasteiger partial charge in [0.25, 0.3) is 0 Å². The van der Waals surface area contributed by atoms with Gasteiger partial charge in [0.2, 0.25) is 15.9 Å². The number of aryl methyl sites for hydroxylation is 1. The quantitative estimate of drug-likeness (QED) is 0.692. The van der Waals surface area contributed by atoms with Gasteiger partial charge in [0.1, 0.15) is 5.82 Å². The van der Waals surface area contributed by atoms with Crippen LogP contribution in [0.1, 0.15) is 37.8 Å². The summed E-state index contributed by atoms with van der Waals surface area (Å²) in [5.74, 6) is -0.762. The molecule has 0 radical (unpaired) electrons. The van der Waals surface area contributed by atoms with E-state index in [9.17, 15) is 17.6 Å². The fraction of sp³-hybridized carbons (Fsp3) is 0.381. The lowest BCUT2D eigenvalue weighted by Gasteiger charge is -2.23. The van der Waals surface area contributed by atoms with Gasteiger partial charge >= 0.3 is 0 Å². The molecule has 0 saturated heterocycles. The summed E-state index contributed by atoms with van der Waals surface area (Å²) in [6, 6.07) is 12.0. The predicted octanol–water partition coefficient (Wildman–Crippen LogP) is 3.63. The summed E-state index contributed by atoms with van der Waals surface area (Å²) in [5, 5.41) is 2.83. The fourth-order valence-corrected chi connectivity index (χ4v) is 4.25. The van der Waals surface area contributed by atoms with Crippen LogP contribution in [-0.4, -0.2) is 31.2 Å². The summed E-state index contributed by atoms with van der Waals surface area (Å²) < 4.78 is 40.6. The lowest BCUT2D eigenvalue weighted by molar-refractivity contribution is -0.122. The maximum Gasteiger partial charge on any atom is 0.243 e. The lowest BCUT2D eigenvalue weighted by Crippen LogP contribution is -2.43. The summed E-state index contributed by atoms with van der Waals surface area (Å²) in [7, 11) is -3.89. The molecular formula is C21H27FN2O3S. The third kappa shape index (κ3) is 6.14. The molecule has 1 atom stereocenters. The van der Waals surface area contributed by atoms with Crippen LogP contribution in [0.15, 0.2) is 53.4 Å². The molecular weight excluding hydrogens is 379 g/mol. The molecule has 1 N–H and O–H groups in total. The number of benzene rings is 2. The van der Waals surface area contributed by atoms with Gasteiger partial charge in [-0.1, -0.05) is 43.2 Å². The number of hydrogen-bond donors (Lipinski definition) is 1. The van der Waals surface area contributed by atoms with Crippen molar-refractivity contribution in [3.8, 4) is 0 Å². The first-order chi connectivity index (χ1) is 13.2. The van der Waals surface area contributed by atoms with E-state index in [4.69, 9.17) is 0 Å². The van der Waals surface area contributed by atoms with Gasteiger partial charge in [-0.25, -0.2) is 12.8 Å². The average Bonchev–Trinajstić information content (AvgIpc) is 2.63. The van der Waals surface area contributed by atoms with Crippen molar-refractivity contribution in [2.24, 2.45) is 0 Å². The SMILES string of the molecule is CCC[C@@H](C)NC(=O)CN(Cc1ccc(F)cc1)S(=O)(=O)c1ccc(C)cc1. The molecule has 2 aromatic carbocycles. The van der Waals surface area contributed by atoms with Crippen molar-refractivity contribution in [2.45, 2.75) is 51.1 Å². The Labute approximate surface area is 166 Å². The highest BCUT2D eigenvalue weighted by molar-refractivity contribution is 7.89. The van der Waals surface area contributed by atoms with E-state index in [1.54, 1.807) is 12.1 Å². The third-order valence-electron chi connectivity index (χ3n) is 4.38. The normalized spacial score (nSPS) is 12.8. The molecule has 0 bridgehead atoms. The molecule has 0 aliphatic carbocycles. The molecule has 0 saturated carbocycles. The smallest absolute Gasteiger partial charge is 0.243 e. The molecule has 0 heterocycles. The first-order valence-corrected chi connectivity index (χ1v) is 10.8. The Bertz CT molecular complexity index is 881. The van der Waals surface area contributed by atoms with Crippen LogP contribution in [-0.2, 0) is 21.4 Å². The molecule has 0 fully saturated rings. The van der Waals surface area contributed by atoms with Crippen LogP contribution in [0.3, 0.4) is 0 Å². The van der Waals surface area contributed by atoms with E-state index < -0.39 is 15.8 Å². The number of hydrogen-bond acceptors (Lipinski definition) is 3. The van der Waals surface area contributed by atoms with Gasteiger partial charge < -0.3 is 5.32 Å². The van der Waals surface area contributed by atoms with E-state index in [1.807, 2.05) is 20.8 Å². The van der Waals surface area contributed by atoms with Gasteiger partial charge in [0.15, 0.2) is 0 Å². The minimum atomic E-state index is -3.89. The zero-order valence-electron chi connectivity index (χ0n) is 16.5. The fourth-order valence-electron chi connectivity index (χ4n) is 2.86. The summed E-state index contributed by atoms with van der Waals surface area (Å²) in [5.41, 5.74) is 1.54. The zero-order chi connectivity index (χ0) is 20.7. The van der Waals surface area contributed by atoms with Crippen molar-refractivity contribution in [3.05, 3.63) is 65.5 Å². The highest BCUT2D eigenvalue weighted by Crippen LogP contribution is 2.19. The van der Waals surface area contributed by atoms with E-state index in [0.29, 0.717) is 5.56 Å². The van der Waals surface area contributed by atoms with Crippen LogP contribution in [0.2, 0.25) is 0 Å². The second-order valence-corrected chi connectivity index (χ2v) is 8.91. The van der Waals surface area contributed by atoms with Gasteiger partial charge in [0.05, 0.1) is 11.4 Å². The molecule has 1 amide bonds. The highest BCUT2D eigenvalue weighted by Gasteiger charge is 2.27. The number of carbonyl (C=O) groups is 1. The molecule has 2 aromatic rings. The van der Waals surface area contributed by atoms with Gasteiger partial charge in [-0.2, -0.15) is 4.31 Å². The Morgan fingerprint density at radius 1 is 1.11 bits per heavy atom. The van der Waals surface area contributed by atoms with E-state index in [2.05, 4.69) is 5.32 Å². The van der Waals surface area contributed by atoms with Crippen molar-refractivity contribution >= 4 is 15.9 Å². The molecule has 7 heteroatoms. The van der Waals surface area contributed by atoms with Crippen LogP contribution in [0.25, 0.3) is 0 Å². The van der Waals surface area contributed by atoms with Gasteiger partial charge in [-0.15, -0.1) is 0 Å². The number of amides is 1. The summed E-state index contributed by atoms with van der Waals surface area (Å²) in [4.78, 5) is 12.6. The molecule has 0 unspecified atom stereocenters. The molecule has 28 heavy (non-hydrogen) atoms. The largest absolute Gasteiger partial charge is 0.353 e. The minimum Gasteiger partial charge on any atom is -0.353 e. The molecule has 0 aliphatic rings. The Morgan fingerprint density at radius 2 is 1.71 bits per heavy atom. The molecule has 2 rings (SSSR count). The molecule has 0 aromatic heterocycles.